The fraction of sp³-hybridized carbons (Fsp3) is 0.469. The maximum absolute atomic E-state index is 13.5. The Bertz CT molecular complexity index is 1230. The maximum Gasteiger partial charge on any atom is 0.329 e. The number of amides is 3. The minimum atomic E-state index is -0.416. The Morgan fingerprint density at radius 2 is 1.87 bits per heavy atom. The Kier molecular flexibility index (Phi) is 9.95. The van der Waals surface area contributed by atoms with E-state index in [0.717, 1.165) is 48.3 Å². The number of H-pyrrole nitrogens is 1. The number of aromatic amines is 1. The topological polar surface area (TPSA) is 72.0 Å². The normalized spacial score (nSPS) is 19.5. The number of allylic oxidation sites excluding steroid dienone is 4. The second-order valence-electron chi connectivity index (χ2n) is 10.7. The third-order valence-electron chi connectivity index (χ3n) is 7.23. The molecule has 0 spiro atoms. The Morgan fingerprint density at radius 3 is 2.44 bits per heavy atom. The highest BCUT2D eigenvalue weighted by Gasteiger charge is 2.37. The number of hydrogen-bond acceptors (Lipinski definition) is 3. The van der Waals surface area contributed by atoms with Gasteiger partial charge in [-0.15, -0.1) is 0 Å². The quantitative estimate of drug-likeness (QED) is 0.227. The molecule has 2 aliphatic rings. The van der Waals surface area contributed by atoms with Gasteiger partial charge in [0, 0.05) is 42.5 Å². The van der Waals surface area contributed by atoms with Crippen LogP contribution < -0.4 is 4.90 Å². The molecule has 3 rings (SSSR count). The van der Waals surface area contributed by atoms with Crippen LogP contribution in [0.5, 0.6) is 0 Å². The number of anilines is 1. The molecule has 1 unspecified atom stereocenters. The molecule has 1 aromatic heterocycles. The number of fused-ring (bicyclic) bond motifs is 1. The summed E-state index contributed by atoms with van der Waals surface area (Å²) in [4.78, 5) is 40.6. The van der Waals surface area contributed by atoms with Gasteiger partial charge in [-0.2, -0.15) is 0 Å². The van der Waals surface area contributed by atoms with Crippen LogP contribution in [-0.4, -0.2) is 52.6 Å². The van der Waals surface area contributed by atoms with Crippen molar-refractivity contribution in [3.8, 4) is 0 Å². The largest absolute Gasteiger partial charge is 0.355 e. The molecule has 3 heterocycles. The van der Waals surface area contributed by atoms with Gasteiger partial charge in [0.15, 0.2) is 0 Å². The van der Waals surface area contributed by atoms with Gasteiger partial charge in [0.1, 0.15) is 5.82 Å². The lowest BCUT2D eigenvalue weighted by Gasteiger charge is -2.36. The van der Waals surface area contributed by atoms with Crippen LogP contribution in [-0.2, 0) is 10.2 Å². The van der Waals surface area contributed by atoms with Gasteiger partial charge in [-0.25, -0.2) is 9.79 Å². The first kappa shape index (κ1) is 29.9. The summed E-state index contributed by atoms with van der Waals surface area (Å²) >= 11 is 0. The lowest BCUT2D eigenvalue weighted by Crippen LogP contribution is -2.46. The number of carbonyl (C=O) groups is 2. The number of carbonyl (C=O) groups excluding carboxylic acids is 2. The molecular weight excluding hydrogens is 486 g/mol. The zero-order chi connectivity index (χ0) is 28.7. The van der Waals surface area contributed by atoms with Crippen molar-refractivity contribution in [1.82, 2.24) is 14.8 Å². The predicted molar refractivity (Wildman–Crippen MR) is 163 cm³/mol. The van der Waals surface area contributed by atoms with Gasteiger partial charge in [0.05, 0.1) is 17.1 Å². The van der Waals surface area contributed by atoms with Crippen LogP contribution in [0.15, 0.2) is 65.5 Å². The third kappa shape index (κ3) is 6.35. The minimum absolute atomic E-state index is 0.0167. The van der Waals surface area contributed by atoms with Crippen molar-refractivity contribution in [3.63, 3.8) is 0 Å². The molecule has 210 valence electrons. The number of nitrogens with zero attached hydrogens (tertiary/aromatic N) is 4. The molecule has 2 aliphatic heterocycles. The molecule has 7 nitrogen and oxygen atoms in total. The first-order valence-electron chi connectivity index (χ1n) is 14.2. The average Bonchev–Trinajstić information content (AvgIpc) is 3.37. The molecule has 0 saturated heterocycles. The third-order valence-corrected chi connectivity index (χ3v) is 7.23. The molecule has 0 bridgehead atoms. The van der Waals surface area contributed by atoms with E-state index >= 15 is 0 Å². The van der Waals surface area contributed by atoms with Crippen LogP contribution in [0.25, 0.3) is 5.70 Å². The molecule has 3 amide bonds. The summed E-state index contributed by atoms with van der Waals surface area (Å²) in [5.74, 6) is 0.610. The smallest absolute Gasteiger partial charge is 0.329 e. The fourth-order valence-corrected chi connectivity index (χ4v) is 4.87. The van der Waals surface area contributed by atoms with Gasteiger partial charge in [-0.05, 0) is 64.7 Å². The fourth-order valence-electron chi connectivity index (χ4n) is 4.87. The highest BCUT2D eigenvalue weighted by atomic mass is 16.2. The average molecular weight is 532 g/mol. The van der Waals surface area contributed by atoms with Crippen molar-refractivity contribution in [3.05, 3.63) is 71.9 Å². The van der Waals surface area contributed by atoms with Crippen LogP contribution in [0.4, 0.5) is 10.5 Å². The second-order valence-corrected chi connectivity index (χ2v) is 10.7. The maximum atomic E-state index is 13.5. The van der Waals surface area contributed by atoms with Gasteiger partial charge in [-0.1, -0.05) is 58.1 Å². The van der Waals surface area contributed by atoms with E-state index in [-0.39, 0.29) is 11.9 Å². The number of aliphatic imine (C=N–C) groups is 1. The molecule has 1 N–H and O–H groups in total. The van der Waals surface area contributed by atoms with Crippen LogP contribution in [0.2, 0.25) is 0 Å². The highest BCUT2D eigenvalue weighted by molar-refractivity contribution is 6.04. The van der Waals surface area contributed by atoms with E-state index < -0.39 is 5.41 Å². The van der Waals surface area contributed by atoms with Gasteiger partial charge >= 0.3 is 6.03 Å². The molecule has 1 atom stereocenters. The summed E-state index contributed by atoms with van der Waals surface area (Å²) in [6.45, 7) is 22.2. The van der Waals surface area contributed by atoms with E-state index in [4.69, 9.17) is 4.99 Å². The lowest BCUT2D eigenvalue weighted by atomic mass is 9.83. The number of nitrogens with one attached hydrogen (secondary N) is 1. The molecular formula is C32H45N5O2. The van der Waals surface area contributed by atoms with E-state index in [1.54, 1.807) is 9.80 Å². The van der Waals surface area contributed by atoms with Crippen molar-refractivity contribution in [1.29, 1.82) is 0 Å². The van der Waals surface area contributed by atoms with E-state index in [2.05, 4.69) is 58.0 Å². The number of aromatic nitrogens is 1. The molecule has 0 saturated carbocycles. The number of unbranched alkanes of at least 4 members (excludes halogenated alkanes) is 1. The van der Waals surface area contributed by atoms with Crippen molar-refractivity contribution in [2.75, 3.05) is 24.5 Å². The summed E-state index contributed by atoms with van der Waals surface area (Å²) < 4.78 is 0. The van der Waals surface area contributed by atoms with Gasteiger partial charge in [0.2, 0.25) is 0 Å². The van der Waals surface area contributed by atoms with Gasteiger partial charge < -0.3 is 4.98 Å². The number of rotatable bonds is 12. The Balaban J connectivity index is 1.92. The second kappa shape index (κ2) is 13.0. The lowest BCUT2D eigenvalue weighted by molar-refractivity contribution is -0.125. The molecule has 0 fully saturated rings. The van der Waals surface area contributed by atoms with Crippen LogP contribution >= 0.6 is 0 Å². The van der Waals surface area contributed by atoms with E-state index in [1.165, 1.54) is 0 Å². The Labute approximate surface area is 234 Å². The molecule has 1 aromatic rings. The van der Waals surface area contributed by atoms with Gasteiger partial charge in [0.25, 0.3) is 5.91 Å². The van der Waals surface area contributed by atoms with E-state index in [1.807, 2.05) is 43.2 Å². The minimum Gasteiger partial charge on any atom is -0.355 e. The highest BCUT2D eigenvalue weighted by Crippen LogP contribution is 2.40. The molecule has 0 aromatic carbocycles. The van der Waals surface area contributed by atoms with Crippen molar-refractivity contribution < 1.29 is 9.59 Å². The van der Waals surface area contributed by atoms with E-state index in [0.29, 0.717) is 43.1 Å². The summed E-state index contributed by atoms with van der Waals surface area (Å²) in [6, 6.07) is 2.06. The molecule has 0 radical (unpaired) electrons. The Hall–Kier alpha value is -3.61. The van der Waals surface area contributed by atoms with Crippen LogP contribution in [0.1, 0.15) is 85.0 Å². The standard InChI is InChI=1S/C32H45N5O2/c1-9-13-20-37(30(38)25(12-4)15-14-23(5)6)28-16-17-32(8,22-33-28)27-21-26-29(34-27)24(7)35(18-10-2)31(39)36(26)19-11-3/h12,14-16,21-22,34H,5,7,9-11,13,17-20H2,1-4,6,8H3/b15-14-,25-12+. The summed E-state index contributed by atoms with van der Waals surface area (Å²) in [7, 11) is 0. The molecule has 7 heteroatoms. The zero-order valence-electron chi connectivity index (χ0n) is 24.6. The number of hydrogen-bond donors (Lipinski definition) is 1. The van der Waals surface area contributed by atoms with Gasteiger partial charge in [-0.3, -0.25) is 19.5 Å². The summed E-state index contributed by atoms with van der Waals surface area (Å²) in [6.07, 6.45) is 13.7. The summed E-state index contributed by atoms with van der Waals surface area (Å²) in [5.41, 5.74) is 4.54. The van der Waals surface area contributed by atoms with Crippen molar-refractivity contribution >= 4 is 29.5 Å². The molecule has 0 aliphatic carbocycles. The van der Waals surface area contributed by atoms with Crippen LogP contribution in [0.3, 0.4) is 0 Å². The Morgan fingerprint density at radius 1 is 1.18 bits per heavy atom. The summed E-state index contributed by atoms with van der Waals surface area (Å²) in [5, 5.41) is 0. The first-order valence-corrected chi connectivity index (χ1v) is 14.2. The zero-order valence-corrected chi connectivity index (χ0v) is 24.6. The van der Waals surface area contributed by atoms with E-state index in [9.17, 15) is 9.59 Å². The monoisotopic (exact) mass is 531 g/mol. The van der Waals surface area contributed by atoms with Crippen molar-refractivity contribution in [2.45, 2.75) is 79.1 Å². The molecule has 39 heavy (non-hydrogen) atoms. The predicted octanol–water partition coefficient (Wildman–Crippen LogP) is 7.33. The van der Waals surface area contributed by atoms with Crippen molar-refractivity contribution in [2.24, 2.45) is 4.99 Å². The number of urea groups is 1. The first-order chi connectivity index (χ1) is 18.6. The SMILES string of the molecule is C=C(C)/C=C\C(=C/C)C(=O)N(CCCC)C1=CCC(C)(c2cc3c([nH]2)C(=C)N(CCC)C(=O)N3CCC)C=N1. The van der Waals surface area contributed by atoms with Crippen LogP contribution in [0, 0.1) is 0 Å².